The third kappa shape index (κ3) is 6.05. The number of hydrogen-bond acceptors (Lipinski definition) is 5. The molecule has 1 aliphatic carbocycles. The van der Waals surface area contributed by atoms with E-state index in [4.69, 9.17) is 19.4 Å². The lowest BCUT2D eigenvalue weighted by Crippen LogP contribution is -2.14. The number of allylic oxidation sites excluding steroid dienone is 4. The van der Waals surface area contributed by atoms with E-state index in [0.29, 0.717) is 17.9 Å². The molecule has 0 saturated carbocycles. The molecule has 7 rings (SSSR count). The lowest BCUT2D eigenvalue weighted by Gasteiger charge is -2.20. The van der Waals surface area contributed by atoms with Crippen LogP contribution >= 0.6 is 0 Å². The van der Waals surface area contributed by atoms with Gasteiger partial charge in [0.2, 0.25) is 5.78 Å². The summed E-state index contributed by atoms with van der Waals surface area (Å²) in [4.78, 5) is 32.3. The number of carbonyl (C=O) groups excluding carboxylic acids is 1. The molecule has 0 radical (unpaired) electrons. The largest absolute Gasteiger partial charge is 0.493 e. The summed E-state index contributed by atoms with van der Waals surface area (Å²) in [5.41, 5.74) is 17.0. The van der Waals surface area contributed by atoms with Crippen LogP contribution in [0.4, 0.5) is 0 Å². The minimum absolute atomic E-state index is 0.100. The van der Waals surface area contributed by atoms with E-state index in [-0.39, 0.29) is 23.7 Å². The Morgan fingerprint density at radius 1 is 0.922 bits per heavy atom. The number of rotatable bonds is 9. The van der Waals surface area contributed by atoms with Gasteiger partial charge in [-0.3, -0.25) is 4.79 Å². The summed E-state index contributed by atoms with van der Waals surface area (Å²) in [7, 11) is 1.58. The van der Waals surface area contributed by atoms with Gasteiger partial charge in [0.25, 0.3) is 0 Å². The van der Waals surface area contributed by atoms with Crippen molar-refractivity contribution in [1.82, 2.24) is 19.9 Å². The summed E-state index contributed by atoms with van der Waals surface area (Å²) in [6, 6.07) is 15.0. The molecule has 3 aromatic rings. The van der Waals surface area contributed by atoms with Gasteiger partial charge in [0.1, 0.15) is 0 Å². The zero-order valence-electron chi connectivity index (χ0n) is 31.5. The van der Waals surface area contributed by atoms with E-state index in [1.54, 1.807) is 7.11 Å². The zero-order chi connectivity index (χ0) is 36.1. The molecule has 2 N–H and O–H groups in total. The highest BCUT2D eigenvalue weighted by Gasteiger charge is 2.36. The van der Waals surface area contributed by atoms with Gasteiger partial charge in [-0.25, -0.2) is 9.97 Å². The fourth-order valence-corrected chi connectivity index (χ4v) is 8.28. The molecular weight excluding hydrogens is 633 g/mol. The quantitative estimate of drug-likeness (QED) is 0.234. The number of ketones is 1. The zero-order valence-corrected chi connectivity index (χ0v) is 31.5. The Morgan fingerprint density at radius 3 is 2.41 bits per heavy atom. The molecule has 2 aromatic heterocycles. The topological polar surface area (TPSA) is 92.9 Å². The molecule has 264 valence electrons. The molecule has 1 aromatic carbocycles. The number of fused-ring (bicyclic) bond motifs is 8. The molecule has 7 nitrogen and oxygen atoms in total. The first-order valence-corrected chi connectivity index (χ1v) is 18.5. The second-order valence-electron chi connectivity index (χ2n) is 14.5. The minimum Gasteiger partial charge on any atom is -0.493 e. The number of aryl methyl sites for hydroxylation is 2. The summed E-state index contributed by atoms with van der Waals surface area (Å²) < 4.78 is 12.3. The first kappa shape index (κ1) is 34.7. The summed E-state index contributed by atoms with van der Waals surface area (Å²) in [5, 5.41) is 0. The fraction of sp³-hybridized carbons (Fsp3) is 0.386. The van der Waals surface area contributed by atoms with Crippen molar-refractivity contribution < 1.29 is 14.3 Å². The summed E-state index contributed by atoms with van der Waals surface area (Å²) in [5.74, 6) is 0.543. The molecule has 0 unspecified atom stereocenters. The van der Waals surface area contributed by atoms with E-state index in [1.165, 1.54) is 11.1 Å². The molecular formula is C44H50N4O3. The number of ether oxygens (including phenoxy) is 2. The number of aromatic amines is 2. The molecule has 0 saturated heterocycles. The highest BCUT2D eigenvalue weighted by molar-refractivity contribution is 6.19. The molecule has 0 amide bonds. The van der Waals surface area contributed by atoms with Gasteiger partial charge in [0, 0.05) is 39.9 Å². The number of benzene rings is 1. The van der Waals surface area contributed by atoms with Crippen molar-refractivity contribution in [3.8, 4) is 0 Å². The van der Waals surface area contributed by atoms with E-state index >= 15 is 0 Å². The Hall–Kier alpha value is -4.75. The first-order chi connectivity index (χ1) is 24.5. The predicted molar refractivity (Wildman–Crippen MR) is 208 cm³/mol. The molecule has 5 heterocycles. The van der Waals surface area contributed by atoms with E-state index in [9.17, 15) is 4.79 Å². The van der Waals surface area contributed by atoms with Gasteiger partial charge in [-0.15, -0.1) is 0 Å². The second-order valence-corrected chi connectivity index (χ2v) is 14.5. The minimum atomic E-state index is -0.202. The molecule has 4 aliphatic rings. The third-order valence-electron chi connectivity index (χ3n) is 11.3. The fourth-order valence-electron chi connectivity index (χ4n) is 8.28. The van der Waals surface area contributed by atoms with Gasteiger partial charge < -0.3 is 19.4 Å². The summed E-state index contributed by atoms with van der Waals surface area (Å²) in [6.07, 6.45) is 5.64. The number of H-pyrrole nitrogens is 2. The lowest BCUT2D eigenvalue weighted by molar-refractivity contribution is 0.0904. The molecule has 8 bridgehead atoms. The van der Waals surface area contributed by atoms with E-state index in [0.717, 1.165) is 104 Å². The lowest BCUT2D eigenvalue weighted by atomic mass is 9.83. The number of Topliss-reactive ketones (excluding diaryl/α,β-unsaturated/α-hetero) is 1. The van der Waals surface area contributed by atoms with Gasteiger partial charge in [0.05, 0.1) is 53.7 Å². The molecule has 51 heavy (non-hydrogen) atoms. The number of unbranched alkanes of at least 4 members (excludes halogenated alkanes) is 1. The van der Waals surface area contributed by atoms with Gasteiger partial charge in [-0.2, -0.15) is 0 Å². The van der Waals surface area contributed by atoms with E-state index < -0.39 is 0 Å². The maximum absolute atomic E-state index is 14.3. The van der Waals surface area contributed by atoms with Crippen LogP contribution in [0.2, 0.25) is 0 Å². The van der Waals surface area contributed by atoms with Crippen LogP contribution in [0, 0.1) is 13.8 Å². The molecule has 3 atom stereocenters. The highest BCUT2D eigenvalue weighted by atomic mass is 16.5. The van der Waals surface area contributed by atoms with Gasteiger partial charge >= 0.3 is 0 Å². The van der Waals surface area contributed by atoms with Gasteiger partial charge in [-0.1, -0.05) is 63.4 Å². The Bertz CT molecular complexity index is 2230. The van der Waals surface area contributed by atoms with Crippen molar-refractivity contribution in [2.45, 2.75) is 106 Å². The van der Waals surface area contributed by atoms with Crippen LogP contribution in [-0.2, 0) is 16.1 Å². The number of methoxy groups -OCH3 is 1. The standard InChI is InChI=1S/C44H50N4O3/c1-10-12-16-31-25(5)34-19-36-27(7)40(28(8)51-22-29-15-13-14-23(3)17-29)38(46-36)21-33-24(4)30(11-2)37(45-33)20-35-26(6)32-18-39(50-9)44(49)41(42(31)47-34)43(32)48-35/h13-15,17-21,25,28,31,47-48H,10-12,16,22H2,1-9H3/t25-,28-,31-/m0/s1. The van der Waals surface area contributed by atoms with Crippen molar-refractivity contribution in [3.05, 3.63) is 110 Å². The molecule has 0 fully saturated rings. The van der Waals surface area contributed by atoms with Gasteiger partial charge in [-0.05, 0) is 99.6 Å². The van der Waals surface area contributed by atoms with Crippen LogP contribution in [0.25, 0.3) is 39.4 Å². The number of nitrogens with one attached hydrogen (secondary N) is 2. The average molecular weight is 683 g/mol. The Kier molecular flexibility index (Phi) is 9.36. The van der Waals surface area contributed by atoms with Crippen LogP contribution in [-0.4, -0.2) is 38.9 Å². The van der Waals surface area contributed by atoms with Crippen molar-refractivity contribution in [3.63, 3.8) is 0 Å². The summed E-state index contributed by atoms with van der Waals surface area (Å²) in [6.45, 7) is 17.8. The molecule has 3 aliphatic heterocycles. The van der Waals surface area contributed by atoms with Crippen LogP contribution in [0.1, 0.15) is 146 Å². The average Bonchev–Trinajstić information content (AvgIpc) is 3.79. The number of nitrogens with zero attached hydrogens (tertiary/aromatic N) is 2. The third-order valence-corrected chi connectivity index (χ3v) is 11.3. The van der Waals surface area contributed by atoms with Crippen LogP contribution in [0.15, 0.2) is 48.2 Å². The highest BCUT2D eigenvalue weighted by Crippen LogP contribution is 2.45. The number of aromatic nitrogens is 4. The monoisotopic (exact) mass is 682 g/mol. The normalized spacial score (nSPS) is 18.3. The Balaban J connectivity index is 1.52. The van der Waals surface area contributed by atoms with E-state index in [2.05, 4.69) is 108 Å². The smallest absolute Gasteiger partial charge is 0.231 e. The maximum Gasteiger partial charge on any atom is 0.231 e. The van der Waals surface area contributed by atoms with E-state index in [1.807, 2.05) is 6.08 Å². The molecule has 0 spiro atoms. The van der Waals surface area contributed by atoms with Crippen LogP contribution in [0.5, 0.6) is 0 Å². The maximum atomic E-state index is 14.3. The molecule has 7 heteroatoms. The first-order valence-electron chi connectivity index (χ1n) is 18.5. The van der Waals surface area contributed by atoms with Crippen LogP contribution < -0.4 is 0 Å². The SMILES string of the molecule is CCCC[C@@H]1c2[nH]c(cc3nc(cc4nc(cc5[nH]c6c(c5C)C=C(OC)C(=O)c26)C(CC)=C4C)C([C@H](C)OCc2cccc(C)c2)=C3C)[C@H]1C. The van der Waals surface area contributed by atoms with Crippen LogP contribution in [0.3, 0.4) is 0 Å². The predicted octanol–water partition coefficient (Wildman–Crippen LogP) is 10.8. The Morgan fingerprint density at radius 2 is 1.69 bits per heavy atom. The van der Waals surface area contributed by atoms with Crippen molar-refractivity contribution >= 4 is 45.2 Å². The van der Waals surface area contributed by atoms with Crippen molar-refractivity contribution in [2.24, 2.45) is 0 Å². The number of carbonyl (C=O) groups is 1. The van der Waals surface area contributed by atoms with Gasteiger partial charge in [0.15, 0.2) is 5.76 Å². The summed E-state index contributed by atoms with van der Waals surface area (Å²) >= 11 is 0. The second kappa shape index (κ2) is 13.8. The van der Waals surface area contributed by atoms with Crippen molar-refractivity contribution in [2.75, 3.05) is 7.11 Å². The Labute approximate surface area is 301 Å². The van der Waals surface area contributed by atoms with Crippen molar-refractivity contribution in [1.29, 1.82) is 0 Å². The number of hydrogen-bond donors (Lipinski definition) is 2.